The number of hydrogen-bond acceptors (Lipinski definition) is 6. The van der Waals surface area contributed by atoms with E-state index in [2.05, 4.69) is 0 Å². The molecule has 8 nitrogen and oxygen atoms in total. The summed E-state index contributed by atoms with van der Waals surface area (Å²) in [4.78, 5) is 45.9. The Bertz CT molecular complexity index is 901. The highest BCUT2D eigenvalue weighted by Crippen LogP contribution is 2.52. The lowest BCUT2D eigenvalue weighted by molar-refractivity contribution is -0.385. The van der Waals surface area contributed by atoms with E-state index < -0.39 is 21.7 Å². The smallest absolute Gasteiger partial charge is 0.270 e. The van der Waals surface area contributed by atoms with E-state index in [-0.39, 0.29) is 34.1 Å². The summed E-state index contributed by atoms with van der Waals surface area (Å²) in [5.74, 6) is -2.24. The predicted octanol–water partition coefficient (Wildman–Crippen LogP) is 2.76. The normalized spacial score (nSPS) is 20.5. The van der Waals surface area contributed by atoms with Gasteiger partial charge in [0.05, 0.1) is 21.7 Å². The van der Waals surface area contributed by atoms with Gasteiger partial charge in [0.15, 0.2) is 11.6 Å². The molecule has 2 atom stereocenters. The molecule has 0 N–H and O–H groups in total. The Morgan fingerprint density at radius 1 is 0.708 bits per heavy atom. The van der Waals surface area contributed by atoms with Crippen molar-refractivity contribution in [3.63, 3.8) is 0 Å². The maximum atomic E-state index is 12.7. The standard InChI is InChI=1S/C16H8N2O6/c19-15-11-5-7(17(21)22)1-3-9(11)13-14(15)10-4-2-8(18(23)24)6-12(10)16(13)20/h1-6,13-14H. The number of Topliss-reactive ketones (excluding diaryl/α,β-unsaturated/α-hetero) is 2. The van der Waals surface area contributed by atoms with Crippen molar-refractivity contribution in [3.05, 3.63) is 78.9 Å². The van der Waals surface area contributed by atoms with Gasteiger partial charge in [0.25, 0.3) is 11.4 Å². The molecule has 8 heteroatoms. The summed E-state index contributed by atoms with van der Waals surface area (Å²) in [6.45, 7) is 0. The van der Waals surface area contributed by atoms with Crippen LogP contribution in [0.15, 0.2) is 36.4 Å². The van der Waals surface area contributed by atoms with E-state index in [9.17, 15) is 29.8 Å². The number of benzene rings is 2. The molecule has 2 aliphatic carbocycles. The van der Waals surface area contributed by atoms with E-state index in [0.29, 0.717) is 11.1 Å². The van der Waals surface area contributed by atoms with E-state index in [0.717, 1.165) is 0 Å². The maximum absolute atomic E-state index is 12.7. The van der Waals surface area contributed by atoms with Gasteiger partial charge >= 0.3 is 0 Å². The molecule has 0 saturated carbocycles. The van der Waals surface area contributed by atoms with Crippen molar-refractivity contribution < 1.29 is 19.4 Å². The average Bonchev–Trinajstić information content (AvgIpc) is 3.01. The molecule has 0 aliphatic heterocycles. The number of fused-ring (bicyclic) bond motifs is 5. The summed E-state index contributed by atoms with van der Waals surface area (Å²) in [5, 5.41) is 21.8. The third kappa shape index (κ3) is 1.67. The summed E-state index contributed by atoms with van der Waals surface area (Å²) in [6.07, 6.45) is 0. The van der Waals surface area contributed by atoms with Gasteiger partial charge in [0, 0.05) is 35.4 Å². The molecule has 4 rings (SSSR count). The molecule has 0 amide bonds. The Balaban J connectivity index is 1.87. The fraction of sp³-hybridized carbons (Fsp3) is 0.125. The number of rotatable bonds is 2. The van der Waals surface area contributed by atoms with Gasteiger partial charge in [0.2, 0.25) is 0 Å². The SMILES string of the molecule is O=C1c2cc([N+](=O)[O-])ccc2C2C(=O)c3cc([N+](=O)[O-])ccc3C12. The number of nitro benzene ring substituents is 2. The van der Waals surface area contributed by atoms with Crippen LogP contribution in [-0.4, -0.2) is 21.4 Å². The topological polar surface area (TPSA) is 120 Å². The second-order valence-electron chi connectivity index (χ2n) is 5.74. The Kier molecular flexibility index (Phi) is 2.69. The van der Waals surface area contributed by atoms with Gasteiger partial charge in [-0.25, -0.2) is 0 Å². The molecule has 2 aliphatic rings. The molecule has 2 aromatic carbocycles. The molecule has 2 unspecified atom stereocenters. The minimum atomic E-state index is -0.759. The van der Waals surface area contributed by atoms with Crippen LogP contribution in [-0.2, 0) is 0 Å². The van der Waals surface area contributed by atoms with E-state index in [1.807, 2.05) is 0 Å². The Morgan fingerprint density at radius 2 is 1.08 bits per heavy atom. The number of hydrogen-bond donors (Lipinski definition) is 0. The maximum Gasteiger partial charge on any atom is 0.270 e. The summed E-state index contributed by atoms with van der Waals surface area (Å²) in [7, 11) is 0. The van der Waals surface area contributed by atoms with Gasteiger partial charge in [-0.15, -0.1) is 0 Å². The van der Waals surface area contributed by atoms with Crippen molar-refractivity contribution in [3.8, 4) is 0 Å². The van der Waals surface area contributed by atoms with Crippen LogP contribution in [0.2, 0.25) is 0 Å². The zero-order valence-corrected chi connectivity index (χ0v) is 12.0. The van der Waals surface area contributed by atoms with Crippen molar-refractivity contribution >= 4 is 22.9 Å². The summed E-state index contributed by atoms with van der Waals surface area (Å²) in [5.41, 5.74) is 0.823. The Labute approximate surface area is 134 Å². The third-order valence-corrected chi connectivity index (χ3v) is 4.59. The first kappa shape index (κ1) is 14.2. The number of ketones is 2. The molecule has 0 spiro atoms. The Morgan fingerprint density at radius 3 is 1.42 bits per heavy atom. The van der Waals surface area contributed by atoms with Crippen LogP contribution in [0, 0.1) is 20.2 Å². The highest BCUT2D eigenvalue weighted by Gasteiger charge is 2.51. The number of carbonyl (C=O) groups excluding carboxylic acids is 2. The minimum Gasteiger partial charge on any atom is -0.293 e. The van der Waals surface area contributed by atoms with Crippen LogP contribution >= 0.6 is 0 Å². The number of carbonyl (C=O) groups is 2. The van der Waals surface area contributed by atoms with E-state index in [1.54, 1.807) is 0 Å². The zero-order chi connectivity index (χ0) is 17.2. The van der Waals surface area contributed by atoms with Gasteiger partial charge in [-0.3, -0.25) is 29.8 Å². The molecule has 118 valence electrons. The number of nitrogens with zero attached hydrogens (tertiary/aromatic N) is 2. The second kappa shape index (κ2) is 4.54. The van der Waals surface area contributed by atoms with Crippen molar-refractivity contribution in [1.82, 2.24) is 0 Å². The molecular weight excluding hydrogens is 316 g/mol. The highest BCUT2D eigenvalue weighted by molar-refractivity contribution is 6.20. The van der Waals surface area contributed by atoms with Crippen LogP contribution in [0.1, 0.15) is 43.7 Å². The third-order valence-electron chi connectivity index (χ3n) is 4.59. The lowest BCUT2D eigenvalue weighted by Crippen LogP contribution is -2.09. The van der Waals surface area contributed by atoms with Gasteiger partial charge in [-0.1, -0.05) is 12.1 Å². The lowest BCUT2D eigenvalue weighted by atomic mass is 9.92. The monoisotopic (exact) mass is 324 g/mol. The van der Waals surface area contributed by atoms with Crippen molar-refractivity contribution in [1.29, 1.82) is 0 Å². The average molecular weight is 324 g/mol. The molecular formula is C16H8N2O6. The quantitative estimate of drug-likeness (QED) is 0.618. The van der Waals surface area contributed by atoms with Gasteiger partial charge in [-0.2, -0.15) is 0 Å². The summed E-state index contributed by atoms with van der Waals surface area (Å²) < 4.78 is 0. The lowest BCUT2D eigenvalue weighted by Gasteiger charge is -2.07. The second-order valence-corrected chi connectivity index (χ2v) is 5.74. The van der Waals surface area contributed by atoms with Gasteiger partial charge in [0.1, 0.15) is 0 Å². The molecule has 0 aromatic heterocycles. The van der Waals surface area contributed by atoms with Crippen LogP contribution in [0.25, 0.3) is 0 Å². The van der Waals surface area contributed by atoms with Crippen LogP contribution in [0.3, 0.4) is 0 Å². The Hall–Kier alpha value is -3.42. The summed E-state index contributed by atoms with van der Waals surface area (Å²) >= 11 is 0. The number of nitro groups is 2. The first-order valence-electron chi connectivity index (χ1n) is 7.05. The minimum absolute atomic E-state index is 0.177. The molecule has 0 fully saturated rings. The highest BCUT2D eigenvalue weighted by atomic mass is 16.6. The van der Waals surface area contributed by atoms with Gasteiger partial charge in [-0.05, 0) is 11.1 Å². The van der Waals surface area contributed by atoms with Gasteiger partial charge < -0.3 is 0 Å². The van der Waals surface area contributed by atoms with Crippen LogP contribution in [0.4, 0.5) is 11.4 Å². The van der Waals surface area contributed by atoms with E-state index >= 15 is 0 Å². The summed E-state index contributed by atoms with van der Waals surface area (Å²) in [6, 6.07) is 7.74. The molecule has 24 heavy (non-hydrogen) atoms. The molecule has 0 radical (unpaired) electrons. The van der Waals surface area contributed by atoms with Crippen LogP contribution < -0.4 is 0 Å². The first-order chi connectivity index (χ1) is 11.4. The van der Waals surface area contributed by atoms with Crippen molar-refractivity contribution in [2.45, 2.75) is 11.8 Å². The number of non-ortho nitro benzene ring substituents is 2. The van der Waals surface area contributed by atoms with E-state index in [1.165, 1.54) is 36.4 Å². The van der Waals surface area contributed by atoms with Crippen molar-refractivity contribution in [2.75, 3.05) is 0 Å². The molecule has 2 aromatic rings. The van der Waals surface area contributed by atoms with E-state index in [4.69, 9.17) is 0 Å². The molecule has 0 saturated heterocycles. The largest absolute Gasteiger partial charge is 0.293 e. The van der Waals surface area contributed by atoms with Crippen LogP contribution in [0.5, 0.6) is 0 Å². The first-order valence-corrected chi connectivity index (χ1v) is 7.05. The fourth-order valence-electron chi connectivity index (χ4n) is 3.56. The predicted molar refractivity (Wildman–Crippen MR) is 80.3 cm³/mol. The fourth-order valence-corrected chi connectivity index (χ4v) is 3.56. The van der Waals surface area contributed by atoms with Crippen molar-refractivity contribution in [2.24, 2.45) is 0 Å². The molecule has 0 bridgehead atoms. The molecule has 0 heterocycles. The zero-order valence-electron chi connectivity index (χ0n) is 12.0.